The van der Waals surface area contributed by atoms with E-state index < -0.39 is 19.8 Å². The molecule has 0 bridgehead atoms. The fourth-order valence-corrected chi connectivity index (χ4v) is 3.29. The van der Waals surface area contributed by atoms with Crippen LogP contribution in [-0.2, 0) is 20.7 Å². The molecule has 1 aromatic carbocycles. The van der Waals surface area contributed by atoms with Gasteiger partial charge in [-0.1, -0.05) is 43.9 Å². The van der Waals surface area contributed by atoms with Gasteiger partial charge < -0.3 is 14.8 Å². The van der Waals surface area contributed by atoms with Crippen LogP contribution in [0.4, 0.5) is 4.79 Å². The van der Waals surface area contributed by atoms with Crippen LogP contribution in [0.25, 0.3) is 0 Å². The molecule has 1 amide bonds. The van der Waals surface area contributed by atoms with E-state index in [1.165, 1.54) is 0 Å². The van der Waals surface area contributed by atoms with E-state index in [1.54, 1.807) is 0 Å². The standard InChI is InChI=1S/C22H37NO4Si/c1-16(23-21(25)27-22(3,4)5)15-18-9-11-19(12-10-18)17(2)20(24)26-13-14-28(6,7)8/h9-12,16-17H,13-15H2,1-8H3,(H,23,25). The lowest BCUT2D eigenvalue weighted by Gasteiger charge is -2.22. The van der Waals surface area contributed by atoms with Crippen LogP contribution in [0, 0.1) is 0 Å². The molecule has 6 heteroatoms. The molecule has 5 nitrogen and oxygen atoms in total. The van der Waals surface area contributed by atoms with Gasteiger partial charge in [0.1, 0.15) is 5.60 Å². The Hall–Kier alpha value is -1.82. The summed E-state index contributed by atoms with van der Waals surface area (Å²) < 4.78 is 10.7. The Morgan fingerprint density at radius 1 is 1.07 bits per heavy atom. The SMILES string of the molecule is CC(Cc1ccc(C(C)C(=O)OCC[Si](C)(C)C)cc1)NC(=O)OC(C)(C)C. The third-order valence-electron chi connectivity index (χ3n) is 4.23. The molecule has 0 heterocycles. The average molecular weight is 408 g/mol. The maximum Gasteiger partial charge on any atom is 0.407 e. The minimum Gasteiger partial charge on any atom is -0.466 e. The second kappa shape index (κ2) is 10.1. The van der Waals surface area contributed by atoms with Gasteiger partial charge in [0, 0.05) is 14.1 Å². The third kappa shape index (κ3) is 9.92. The summed E-state index contributed by atoms with van der Waals surface area (Å²) in [5, 5.41) is 2.84. The number of benzene rings is 1. The Kier molecular flexibility index (Phi) is 8.73. The first kappa shape index (κ1) is 24.2. The second-order valence-corrected chi connectivity index (χ2v) is 15.3. The van der Waals surface area contributed by atoms with Gasteiger partial charge in [-0.25, -0.2) is 4.79 Å². The van der Waals surface area contributed by atoms with Crippen molar-refractivity contribution in [2.24, 2.45) is 0 Å². The van der Waals surface area contributed by atoms with Crippen LogP contribution < -0.4 is 5.32 Å². The molecule has 0 saturated heterocycles. The van der Waals surface area contributed by atoms with Crippen molar-refractivity contribution in [3.8, 4) is 0 Å². The van der Waals surface area contributed by atoms with Gasteiger partial charge in [0.15, 0.2) is 0 Å². The van der Waals surface area contributed by atoms with Crippen LogP contribution >= 0.6 is 0 Å². The molecular formula is C22H37NO4Si. The van der Waals surface area contributed by atoms with E-state index in [-0.39, 0.29) is 17.9 Å². The number of nitrogens with one attached hydrogen (secondary N) is 1. The minimum atomic E-state index is -1.20. The molecule has 158 valence electrons. The van der Waals surface area contributed by atoms with E-state index >= 15 is 0 Å². The molecule has 0 spiro atoms. The fraction of sp³-hybridized carbons (Fsp3) is 0.636. The number of ether oxygens (including phenoxy) is 2. The first-order valence-electron chi connectivity index (χ1n) is 10.0. The Morgan fingerprint density at radius 2 is 1.64 bits per heavy atom. The zero-order valence-electron chi connectivity index (χ0n) is 18.7. The minimum absolute atomic E-state index is 0.0512. The molecule has 1 N–H and O–H groups in total. The molecule has 2 atom stereocenters. The summed E-state index contributed by atoms with van der Waals surface area (Å²) in [6, 6.07) is 8.83. The molecule has 0 aliphatic rings. The predicted octanol–water partition coefficient (Wildman–Crippen LogP) is 5.13. The number of carbonyl (C=O) groups excluding carboxylic acids is 2. The number of rotatable bonds is 8. The molecule has 0 fully saturated rings. The Bertz CT molecular complexity index is 644. The molecule has 0 aliphatic heterocycles. The summed E-state index contributed by atoms with van der Waals surface area (Å²) in [5.74, 6) is -0.459. The van der Waals surface area contributed by atoms with Crippen LogP contribution in [0.15, 0.2) is 24.3 Å². The Morgan fingerprint density at radius 3 is 2.14 bits per heavy atom. The first-order chi connectivity index (χ1) is 12.8. The molecule has 1 rings (SSSR count). The average Bonchev–Trinajstić information content (AvgIpc) is 2.51. The summed E-state index contributed by atoms with van der Waals surface area (Å²) in [7, 11) is -1.20. The normalized spacial score (nSPS) is 14.1. The number of esters is 1. The van der Waals surface area contributed by atoms with E-state index in [2.05, 4.69) is 25.0 Å². The van der Waals surface area contributed by atoms with E-state index in [0.717, 1.165) is 17.2 Å². The van der Waals surface area contributed by atoms with Crippen molar-refractivity contribution in [1.82, 2.24) is 5.32 Å². The highest BCUT2D eigenvalue weighted by molar-refractivity contribution is 6.76. The van der Waals surface area contributed by atoms with Gasteiger partial charge in [-0.15, -0.1) is 0 Å². The number of amides is 1. The van der Waals surface area contributed by atoms with Gasteiger partial charge in [0.2, 0.25) is 0 Å². The lowest BCUT2D eigenvalue weighted by molar-refractivity contribution is -0.144. The van der Waals surface area contributed by atoms with Crippen molar-refractivity contribution in [3.63, 3.8) is 0 Å². The highest BCUT2D eigenvalue weighted by Gasteiger charge is 2.20. The molecule has 28 heavy (non-hydrogen) atoms. The van der Waals surface area contributed by atoms with Crippen LogP contribution in [0.3, 0.4) is 0 Å². The quantitative estimate of drug-likeness (QED) is 0.479. The topological polar surface area (TPSA) is 64.6 Å². The number of hydrogen-bond acceptors (Lipinski definition) is 4. The second-order valence-electron chi connectivity index (χ2n) is 9.69. The molecule has 2 unspecified atom stereocenters. The maximum atomic E-state index is 12.3. The molecule has 0 aromatic heterocycles. The van der Waals surface area contributed by atoms with Crippen molar-refractivity contribution in [2.45, 2.75) is 84.3 Å². The van der Waals surface area contributed by atoms with E-state index in [4.69, 9.17) is 9.47 Å². The monoisotopic (exact) mass is 407 g/mol. The third-order valence-corrected chi connectivity index (χ3v) is 5.94. The van der Waals surface area contributed by atoms with Crippen molar-refractivity contribution < 1.29 is 19.1 Å². The molecule has 0 saturated carbocycles. The highest BCUT2D eigenvalue weighted by Crippen LogP contribution is 2.19. The van der Waals surface area contributed by atoms with Gasteiger partial charge in [0.25, 0.3) is 0 Å². The van der Waals surface area contributed by atoms with E-state index in [1.807, 2.05) is 58.9 Å². The number of alkyl carbamates (subject to hydrolysis) is 1. The van der Waals surface area contributed by atoms with Crippen molar-refractivity contribution in [3.05, 3.63) is 35.4 Å². The predicted molar refractivity (Wildman–Crippen MR) is 117 cm³/mol. The molecule has 0 radical (unpaired) electrons. The first-order valence-corrected chi connectivity index (χ1v) is 13.7. The van der Waals surface area contributed by atoms with Gasteiger partial charge >= 0.3 is 12.1 Å². The van der Waals surface area contributed by atoms with E-state index in [9.17, 15) is 9.59 Å². The Balaban J connectivity index is 2.53. The van der Waals surface area contributed by atoms with Crippen molar-refractivity contribution in [1.29, 1.82) is 0 Å². The number of carbonyl (C=O) groups is 2. The molecule has 1 aromatic rings. The summed E-state index contributed by atoms with van der Waals surface area (Å²) in [6.45, 7) is 16.6. The maximum absolute atomic E-state index is 12.3. The van der Waals surface area contributed by atoms with Gasteiger partial charge in [-0.05, 0) is 58.2 Å². The molecular weight excluding hydrogens is 370 g/mol. The fourth-order valence-electron chi connectivity index (χ4n) is 2.57. The lowest BCUT2D eigenvalue weighted by atomic mass is 9.98. The molecule has 0 aliphatic carbocycles. The largest absolute Gasteiger partial charge is 0.466 e. The van der Waals surface area contributed by atoms with Gasteiger partial charge in [-0.2, -0.15) is 0 Å². The van der Waals surface area contributed by atoms with Crippen LogP contribution in [0.1, 0.15) is 51.7 Å². The number of hydrogen-bond donors (Lipinski definition) is 1. The zero-order valence-corrected chi connectivity index (χ0v) is 19.7. The van der Waals surface area contributed by atoms with Gasteiger partial charge in [-0.3, -0.25) is 4.79 Å². The summed E-state index contributed by atoms with van der Waals surface area (Å²) in [4.78, 5) is 24.1. The van der Waals surface area contributed by atoms with E-state index in [0.29, 0.717) is 13.0 Å². The zero-order chi connectivity index (χ0) is 21.5. The van der Waals surface area contributed by atoms with Crippen LogP contribution in [0.2, 0.25) is 25.7 Å². The Labute approximate surface area is 171 Å². The highest BCUT2D eigenvalue weighted by atomic mass is 28.3. The lowest BCUT2D eigenvalue weighted by Crippen LogP contribution is -2.38. The van der Waals surface area contributed by atoms with Crippen LogP contribution in [-0.4, -0.2) is 38.4 Å². The summed E-state index contributed by atoms with van der Waals surface area (Å²) in [5.41, 5.74) is 1.52. The summed E-state index contributed by atoms with van der Waals surface area (Å²) >= 11 is 0. The summed E-state index contributed by atoms with van der Waals surface area (Å²) in [6.07, 6.45) is 0.278. The van der Waals surface area contributed by atoms with Crippen molar-refractivity contribution in [2.75, 3.05) is 6.61 Å². The smallest absolute Gasteiger partial charge is 0.407 e. The van der Waals surface area contributed by atoms with Crippen LogP contribution in [0.5, 0.6) is 0 Å². The van der Waals surface area contributed by atoms with Crippen molar-refractivity contribution >= 4 is 20.1 Å². The van der Waals surface area contributed by atoms with Gasteiger partial charge in [0.05, 0.1) is 12.5 Å².